The van der Waals surface area contributed by atoms with Crippen molar-refractivity contribution in [1.29, 1.82) is 0 Å². The minimum atomic E-state index is 0.539. The standard InChI is InChI=1S/C7H11N3/c1-6-2-3-7(9-4-6)10-5-8/h3-6H,2H2,1H3,(H2,8,10). The van der Waals surface area contributed by atoms with Crippen LogP contribution in [-0.4, -0.2) is 12.6 Å². The molecule has 0 spiro atoms. The number of nitrogens with two attached hydrogens (primary N) is 1. The molecule has 1 unspecified atom stereocenters. The highest BCUT2D eigenvalue weighted by Gasteiger charge is 2.01. The van der Waals surface area contributed by atoms with Gasteiger partial charge in [0, 0.05) is 6.21 Å². The van der Waals surface area contributed by atoms with Gasteiger partial charge < -0.3 is 5.73 Å². The Morgan fingerprint density at radius 2 is 2.70 bits per heavy atom. The van der Waals surface area contributed by atoms with Crippen molar-refractivity contribution < 1.29 is 0 Å². The number of hydrogen-bond donors (Lipinski definition) is 1. The number of aliphatic imine (C=N–C) groups is 2. The normalized spacial score (nSPS) is 25.3. The molecule has 1 aliphatic heterocycles. The molecule has 0 saturated carbocycles. The lowest BCUT2D eigenvalue weighted by Crippen LogP contribution is -2.00. The van der Waals surface area contributed by atoms with Crippen LogP contribution in [0.5, 0.6) is 0 Å². The van der Waals surface area contributed by atoms with Gasteiger partial charge in [-0.15, -0.1) is 0 Å². The molecule has 0 fully saturated rings. The zero-order valence-corrected chi connectivity index (χ0v) is 5.99. The summed E-state index contributed by atoms with van der Waals surface area (Å²) in [6, 6.07) is 0. The third kappa shape index (κ3) is 1.69. The molecule has 0 radical (unpaired) electrons. The van der Waals surface area contributed by atoms with Crippen LogP contribution in [0.25, 0.3) is 0 Å². The van der Waals surface area contributed by atoms with Crippen molar-refractivity contribution in [2.75, 3.05) is 0 Å². The van der Waals surface area contributed by atoms with E-state index in [1.807, 2.05) is 12.3 Å². The van der Waals surface area contributed by atoms with Crippen LogP contribution in [-0.2, 0) is 0 Å². The van der Waals surface area contributed by atoms with Gasteiger partial charge in [0.05, 0.1) is 6.34 Å². The molecule has 0 amide bonds. The predicted molar refractivity (Wildman–Crippen MR) is 43.0 cm³/mol. The lowest BCUT2D eigenvalue weighted by atomic mass is 10.1. The Morgan fingerprint density at radius 3 is 3.20 bits per heavy atom. The molecule has 3 heteroatoms. The van der Waals surface area contributed by atoms with Crippen LogP contribution in [0.3, 0.4) is 0 Å². The van der Waals surface area contributed by atoms with E-state index in [0.29, 0.717) is 5.92 Å². The molecular formula is C7H11N3. The van der Waals surface area contributed by atoms with Gasteiger partial charge in [-0.3, -0.25) is 0 Å². The minimum Gasteiger partial charge on any atom is -0.390 e. The molecule has 0 aromatic rings. The smallest absolute Gasteiger partial charge is 0.149 e. The maximum absolute atomic E-state index is 5.09. The van der Waals surface area contributed by atoms with E-state index < -0.39 is 0 Å². The Balaban J connectivity index is 2.58. The highest BCUT2D eigenvalue weighted by Crippen LogP contribution is 2.11. The monoisotopic (exact) mass is 137 g/mol. The van der Waals surface area contributed by atoms with Gasteiger partial charge in [0.2, 0.25) is 0 Å². The fraction of sp³-hybridized carbons (Fsp3) is 0.429. The molecule has 0 bridgehead atoms. The van der Waals surface area contributed by atoms with Crippen LogP contribution in [0.2, 0.25) is 0 Å². The molecule has 0 aliphatic carbocycles. The van der Waals surface area contributed by atoms with E-state index >= 15 is 0 Å². The highest BCUT2D eigenvalue weighted by molar-refractivity contribution is 5.64. The number of rotatable bonds is 1. The van der Waals surface area contributed by atoms with Crippen LogP contribution in [0.4, 0.5) is 0 Å². The molecule has 54 valence electrons. The molecule has 0 aromatic carbocycles. The second-order valence-corrected chi connectivity index (χ2v) is 2.33. The van der Waals surface area contributed by atoms with E-state index in [9.17, 15) is 0 Å². The summed E-state index contributed by atoms with van der Waals surface area (Å²) in [7, 11) is 0. The molecule has 1 atom stereocenters. The Morgan fingerprint density at radius 1 is 1.90 bits per heavy atom. The van der Waals surface area contributed by atoms with Crippen LogP contribution in [0, 0.1) is 5.92 Å². The Hall–Kier alpha value is -1.12. The molecule has 1 aliphatic rings. The quantitative estimate of drug-likeness (QED) is 0.424. The second-order valence-electron chi connectivity index (χ2n) is 2.33. The van der Waals surface area contributed by atoms with Gasteiger partial charge in [0.15, 0.2) is 0 Å². The number of hydrogen-bond acceptors (Lipinski definition) is 2. The lowest BCUT2D eigenvalue weighted by molar-refractivity contribution is 0.783. The summed E-state index contributed by atoms with van der Waals surface area (Å²) < 4.78 is 0. The first-order valence-corrected chi connectivity index (χ1v) is 3.31. The first-order valence-electron chi connectivity index (χ1n) is 3.31. The predicted octanol–water partition coefficient (Wildman–Crippen LogP) is 0.925. The van der Waals surface area contributed by atoms with Gasteiger partial charge in [-0.1, -0.05) is 6.92 Å². The SMILES string of the molecule is CC1C=NC(N=CN)=CC1. The van der Waals surface area contributed by atoms with Crippen LogP contribution >= 0.6 is 0 Å². The third-order valence-electron chi connectivity index (χ3n) is 1.34. The third-order valence-corrected chi connectivity index (χ3v) is 1.34. The molecule has 10 heavy (non-hydrogen) atoms. The zero-order chi connectivity index (χ0) is 7.40. The Labute approximate surface area is 60.4 Å². The Kier molecular flexibility index (Phi) is 2.20. The van der Waals surface area contributed by atoms with Gasteiger partial charge >= 0.3 is 0 Å². The molecule has 1 rings (SSSR count). The van der Waals surface area contributed by atoms with Crippen LogP contribution < -0.4 is 5.73 Å². The summed E-state index contributed by atoms with van der Waals surface area (Å²) in [6.07, 6.45) is 6.14. The zero-order valence-electron chi connectivity index (χ0n) is 5.99. The van der Waals surface area contributed by atoms with E-state index in [4.69, 9.17) is 5.73 Å². The Bertz CT molecular complexity index is 191. The average Bonchev–Trinajstić information content (AvgIpc) is 1.95. The molecular weight excluding hydrogens is 126 g/mol. The minimum absolute atomic E-state index is 0.539. The summed E-state index contributed by atoms with van der Waals surface area (Å²) in [5.41, 5.74) is 5.09. The summed E-state index contributed by atoms with van der Waals surface area (Å²) in [4.78, 5) is 7.89. The van der Waals surface area contributed by atoms with E-state index in [1.165, 1.54) is 6.34 Å². The molecule has 2 N–H and O–H groups in total. The summed E-state index contributed by atoms with van der Waals surface area (Å²) >= 11 is 0. The topological polar surface area (TPSA) is 50.7 Å². The van der Waals surface area contributed by atoms with E-state index in [2.05, 4.69) is 16.9 Å². The number of allylic oxidation sites excluding steroid dienone is 1. The van der Waals surface area contributed by atoms with Crippen molar-refractivity contribution >= 4 is 12.6 Å². The van der Waals surface area contributed by atoms with Crippen molar-refractivity contribution in [3.8, 4) is 0 Å². The van der Waals surface area contributed by atoms with E-state index in [0.717, 1.165) is 12.2 Å². The second kappa shape index (κ2) is 3.15. The maximum atomic E-state index is 5.09. The maximum Gasteiger partial charge on any atom is 0.149 e. The van der Waals surface area contributed by atoms with Crippen molar-refractivity contribution in [3.05, 3.63) is 11.9 Å². The van der Waals surface area contributed by atoms with Crippen molar-refractivity contribution in [2.45, 2.75) is 13.3 Å². The van der Waals surface area contributed by atoms with Gasteiger partial charge in [-0.2, -0.15) is 0 Å². The summed E-state index contributed by atoms with van der Waals surface area (Å²) in [5, 5.41) is 0. The lowest BCUT2D eigenvalue weighted by Gasteiger charge is -2.06. The van der Waals surface area contributed by atoms with Gasteiger partial charge in [0.25, 0.3) is 0 Å². The summed E-state index contributed by atoms with van der Waals surface area (Å²) in [5.74, 6) is 1.26. The fourth-order valence-corrected chi connectivity index (χ4v) is 0.771. The van der Waals surface area contributed by atoms with Gasteiger partial charge in [-0.25, -0.2) is 9.98 Å². The van der Waals surface area contributed by atoms with Gasteiger partial charge in [0.1, 0.15) is 5.82 Å². The van der Waals surface area contributed by atoms with Gasteiger partial charge in [-0.05, 0) is 18.4 Å². The fourth-order valence-electron chi connectivity index (χ4n) is 0.771. The molecule has 0 saturated heterocycles. The average molecular weight is 137 g/mol. The highest BCUT2D eigenvalue weighted by atomic mass is 15.0. The molecule has 1 heterocycles. The first-order chi connectivity index (χ1) is 4.83. The summed E-state index contributed by atoms with van der Waals surface area (Å²) in [6.45, 7) is 2.11. The van der Waals surface area contributed by atoms with Crippen LogP contribution in [0.15, 0.2) is 21.9 Å². The molecule has 0 aromatic heterocycles. The largest absolute Gasteiger partial charge is 0.390 e. The van der Waals surface area contributed by atoms with E-state index in [1.54, 1.807) is 0 Å². The molecule has 3 nitrogen and oxygen atoms in total. The first kappa shape index (κ1) is 6.99. The number of nitrogens with zero attached hydrogens (tertiary/aromatic N) is 2. The van der Waals surface area contributed by atoms with Crippen molar-refractivity contribution in [3.63, 3.8) is 0 Å². The van der Waals surface area contributed by atoms with Crippen molar-refractivity contribution in [1.82, 2.24) is 0 Å². The van der Waals surface area contributed by atoms with Crippen LogP contribution in [0.1, 0.15) is 13.3 Å². The van der Waals surface area contributed by atoms with Crippen molar-refractivity contribution in [2.24, 2.45) is 21.6 Å². The van der Waals surface area contributed by atoms with E-state index in [-0.39, 0.29) is 0 Å².